The Hall–Kier alpha value is -1.65. The van der Waals surface area contributed by atoms with Gasteiger partial charge in [0.2, 0.25) is 5.95 Å². The lowest BCUT2D eigenvalue weighted by Gasteiger charge is -2.19. The molecule has 1 aromatic heterocycles. The van der Waals surface area contributed by atoms with Crippen LogP contribution in [0.3, 0.4) is 0 Å². The number of nitrogen functional groups attached to an aromatic ring is 1. The molecule has 1 aliphatic heterocycles. The summed E-state index contributed by atoms with van der Waals surface area (Å²) in [6, 6.07) is 0. The van der Waals surface area contributed by atoms with E-state index in [2.05, 4.69) is 15.3 Å². The Bertz CT molecular complexity index is 600. The molecule has 2 rings (SSSR count). The molecule has 0 aliphatic carbocycles. The second kappa shape index (κ2) is 5.38. The summed E-state index contributed by atoms with van der Waals surface area (Å²) in [4.78, 5) is 40.3. The van der Waals surface area contributed by atoms with Crippen LogP contribution in [0.25, 0.3) is 0 Å². The lowest BCUT2D eigenvalue weighted by molar-refractivity contribution is 0.0340. The molecule has 112 valence electrons. The van der Waals surface area contributed by atoms with E-state index in [1.54, 1.807) is 0 Å². The Morgan fingerprint density at radius 3 is 2.90 bits per heavy atom. The summed E-state index contributed by atoms with van der Waals surface area (Å²) in [5.41, 5.74) is 5.11. The standard InChI is InChI=1S/C8H14N5O6P/c9-8-11-6-5(7(15)12-8)10-3-13(6)19-1-4(14)2-20(16,17)18/h4,10,14H,1-3H2,(H2,16,17,18)(H3,9,11,12,15). The highest BCUT2D eigenvalue weighted by Gasteiger charge is 2.26. The quantitative estimate of drug-likeness (QED) is 0.334. The van der Waals surface area contributed by atoms with Crippen molar-refractivity contribution < 1.29 is 24.3 Å². The molecule has 2 heterocycles. The molecule has 7 N–H and O–H groups in total. The summed E-state index contributed by atoms with van der Waals surface area (Å²) in [5, 5.41) is 13.3. The highest BCUT2D eigenvalue weighted by atomic mass is 31.2. The van der Waals surface area contributed by atoms with Gasteiger partial charge in [-0.1, -0.05) is 0 Å². The SMILES string of the molecule is Nc1nc2c(c(=O)[nH]1)NCN2OCC(O)CP(=O)(O)O. The number of rotatable bonds is 5. The number of aromatic amines is 1. The van der Waals surface area contributed by atoms with Gasteiger partial charge in [-0.3, -0.25) is 19.2 Å². The summed E-state index contributed by atoms with van der Waals surface area (Å²) in [6.45, 7) is -0.266. The average molecular weight is 307 g/mol. The number of H-pyrrole nitrogens is 1. The van der Waals surface area contributed by atoms with Gasteiger partial charge in [0.15, 0.2) is 5.82 Å². The second-order valence-electron chi connectivity index (χ2n) is 4.16. The Morgan fingerprint density at radius 2 is 2.25 bits per heavy atom. The Kier molecular flexibility index (Phi) is 3.97. The first-order valence-electron chi connectivity index (χ1n) is 5.53. The molecule has 12 heteroatoms. The van der Waals surface area contributed by atoms with E-state index in [0.29, 0.717) is 0 Å². The second-order valence-corrected chi connectivity index (χ2v) is 5.85. The first-order chi connectivity index (χ1) is 9.26. The molecule has 1 atom stereocenters. The number of hydrogen-bond donors (Lipinski definition) is 6. The van der Waals surface area contributed by atoms with E-state index >= 15 is 0 Å². The number of aromatic nitrogens is 2. The van der Waals surface area contributed by atoms with Crippen LogP contribution in [0.4, 0.5) is 17.5 Å². The topological polar surface area (TPSA) is 174 Å². The molecule has 1 aliphatic rings. The van der Waals surface area contributed by atoms with E-state index in [1.165, 1.54) is 5.06 Å². The summed E-state index contributed by atoms with van der Waals surface area (Å²) in [7, 11) is -4.32. The minimum Gasteiger partial charge on any atom is -0.390 e. The third-order valence-electron chi connectivity index (χ3n) is 2.43. The first-order valence-corrected chi connectivity index (χ1v) is 7.33. The first kappa shape index (κ1) is 14.8. The highest BCUT2D eigenvalue weighted by molar-refractivity contribution is 7.51. The number of nitrogens with one attached hydrogen (secondary N) is 2. The number of aliphatic hydroxyl groups excluding tert-OH is 1. The van der Waals surface area contributed by atoms with Crippen molar-refractivity contribution in [1.29, 1.82) is 0 Å². The largest absolute Gasteiger partial charge is 0.390 e. The van der Waals surface area contributed by atoms with Crippen molar-refractivity contribution in [2.75, 3.05) is 35.6 Å². The van der Waals surface area contributed by atoms with Crippen LogP contribution in [-0.4, -0.2) is 50.4 Å². The van der Waals surface area contributed by atoms with Crippen LogP contribution in [0.15, 0.2) is 4.79 Å². The summed E-state index contributed by atoms with van der Waals surface area (Å²) in [5.74, 6) is 0.0523. The van der Waals surface area contributed by atoms with Crippen LogP contribution >= 0.6 is 7.60 Å². The molecule has 1 aromatic rings. The molecule has 0 spiro atoms. The average Bonchev–Trinajstić information content (AvgIpc) is 2.67. The van der Waals surface area contributed by atoms with Crippen molar-refractivity contribution >= 4 is 25.0 Å². The molecule has 0 saturated heterocycles. The van der Waals surface area contributed by atoms with Crippen LogP contribution in [0, 0.1) is 0 Å². The van der Waals surface area contributed by atoms with Crippen molar-refractivity contribution in [3.8, 4) is 0 Å². The van der Waals surface area contributed by atoms with E-state index in [9.17, 15) is 14.5 Å². The van der Waals surface area contributed by atoms with Gasteiger partial charge in [0, 0.05) is 0 Å². The number of anilines is 3. The smallest absolute Gasteiger partial charge is 0.328 e. The number of fused-ring (bicyclic) bond motifs is 1. The highest BCUT2D eigenvalue weighted by Crippen LogP contribution is 2.35. The lowest BCUT2D eigenvalue weighted by atomic mass is 10.4. The third kappa shape index (κ3) is 3.46. The molecule has 0 radical (unpaired) electrons. The number of hydrogen-bond acceptors (Lipinski definition) is 8. The molecule has 20 heavy (non-hydrogen) atoms. The van der Waals surface area contributed by atoms with Crippen LogP contribution < -0.4 is 21.7 Å². The number of hydroxylamine groups is 1. The van der Waals surface area contributed by atoms with E-state index < -0.39 is 25.4 Å². The van der Waals surface area contributed by atoms with Crippen molar-refractivity contribution in [1.82, 2.24) is 9.97 Å². The van der Waals surface area contributed by atoms with Gasteiger partial charge in [0.25, 0.3) is 5.56 Å². The van der Waals surface area contributed by atoms with E-state index in [1.807, 2.05) is 0 Å². The van der Waals surface area contributed by atoms with Gasteiger partial charge in [-0.25, -0.2) is 5.06 Å². The molecule has 0 saturated carbocycles. The molecule has 1 unspecified atom stereocenters. The number of aliphatic hydroxyl groups is 1. The lowest BCUT2D eigenvalue weighted by Crippen LogP contribution is -2.30. The van der Waals surface area contributed by atoms with Crippen molar-refractivity contribution in [3.63, 3.8) is 0 Å². The predicted molar refractivity (Wildman–Crippen MR) is 69.1 cm³/mol. The summed E-state index contributed by atoms with van der Waals surface area (Å²) in [6.07, 6.45) is -2.06. The van der Waals surface area contributed by atoms with Crippen LogP contribution in [0.5, 0.6) is 0 Å². The van der Waals surface area contributed by atoms with Gasteiger partial charge in [0.05, 0.1) is 12.3 Å². The van der Waals surface area contributed by atoms with Gasteiger partial charge >= 0.3 is 7.60 Å². The predicted octanol–water partition coefficient (Wildman–Crippen LogP) is -1.99. The summed E-state index contributed by atoms with van der Waals surface area (Å²) < 4.78 is 10.7. The maximum atomic E-state index is 11.5. The minimum absolute atomic E-state index is 0.0947. The molecule has 0 fully saturated rings. The Labute approximate surface area is 112 Å². The molecular formula is C8H14N5O6P. The molecule has 0 bridgehead atoms. The summed E-state index contributed by atoms with van der Waals surface area (Å²) >= 11 is 0. The van der Waals surface area contributed by atoms with Gasteiger partial charge in [-0.05, 0) is 0 Å². The third-order valence-corrected chi connectivity index (χ3v) is 3.32. The molecule has 11 nitrogen and oxygen atoms in total. The maximum absolute atomic E-state index is 11.5. The fourth-order valence-electron chi connectivity index (χ4n) is 1.65. The van der Waals surface area contributed by atoms with Crippen molar-refractivity contribution in [2.24, 2.45) is 0 Å². The maximum Gasteiger partial charge on any atom is 0.328 e. The number of nitrogens with two attached hydrogens (primary N) is 1. The number of nitrogens with zero attached hydrogens (tertiary/aromatic N) is 2. The minimum atomic E-state index is -4.32. The fourth-order valence-corrected chi connectivity index (χ4v) is 2.31. The fraction of sp³-hybridized carbons (Fsp3) is 0.500. The zero-order chi connectivity index (χ0) is 14.9. The van der Waals surface area contributed by atoms with Gasteiger partial charge in [0.1, 0.15) is 19.0 Å². The van der Waals surface area contributed by atoms with Crippen molar-refractivity contribution in [3.05, 3.63) is 10.4 Å². The normalized spacial score (nSPS) is 15.8. The van der Waals surface area contributed by atoms with Crippen LogP contribution in [0.2, 0.25) is 0 Å². The van der Waals surface area contributed by atoms with Gasteiger partial charge in [-0.2, -0.15) is 4.98 Å². The van der Waals surface area contributed by atoms with E-state index in [0.717, 1.165) is 0 Å². The van der Waals surface area contributed by atoms with Gasteiger partial charge < -0.3 is 25.9 Å². The van der Waals surface area contributed by atoms with Crippen LogP contribution in [-0.2, 0) is 9.40 Å². The van der Waals surface area contributed by atoms with Gasteiger partial charge in [-0.15, -0.1) is 0 Å². The Morgan fingerprint density at radius 1 is 1.55 bits per heavy atom. The molecule has 0 aromatic carbocycles. The molecule has 0 amide bonds. The van der Waals surface area contributed by atoms with E-state index in [-0.39, 0.29) is 30.7 Å². The zero-order valence-electron chi connectivity index (χ0n) is 10.2. The Balaban J connectivity index is 2.01. The van der Waals surface area contributed by atoms with Crippen LogP contribution in [0.1, 0.15) is 0 Å². The monoisotopic (exact) mass is 307 g/mol. The zero-order valence-corrected chi connectivity index (χ0v) is 11.1. The molecular weight excluding hydrogens is 293 g/mol. The van der Waals surface area contributed by atoms with Crippen molar-refractivity contribution in [2.45, 2.75) is 6.10 Å². The van der Waals surface area contributed by atoms with E-state index in [4.69, 9.17) is 20.4 Å².